The lowest BCUT2D eigenvalue weighted by Gasteiger charge is -2.41. The van der Waals surface area contributed by atoms with Crippen molar-refractivity contribution in [3.8, 4) is 0 Å². The Morgan fingerprint density at radius 3 is 1.73 bits per heavy atom. The number of likely N-dealkylation sites (tertiary alicyclic amines) is 2. The van der Waals surface area contributed by atoms with Gasteiger partial charge in [0, 0.05) is 31.7 Å². The third-order valence-corrected chi connectivity index (χ3v) is 9.04. The van der Waals surface area contributed by atoms with E-state index in [9.17, 15) is 24.0 Å². The summed E-state index contributed by atoms with van der Waals surface area (Å²) in [6, 6.07) is -3.13. The van der Waals surface area contributed by atoms with E-state index in [0.717, 1.165) is 12.8 Å². The van der Waals surface area contributed by atoms with Gasteiger partial charge < -0.3 is 20.0 Å². The van der Waals surface area contributed by atoms with Gasteiger partial charge in [-0.15, -0.1) is 0 Å². The molecule has 0 aromatic heterocycles. The predicted molar refractivity (Wildman–Crippen MR) is 173 cm³/mol. The Morgan fingerprint density at radius 1 is 0.773 bits per heavy atom. The maximum absolute atomic E-state index is 14.3. The summed E-state index contributed by atoms with van der Waals surface area (Å²) >= 11 is 0. The highest BCUT2D eigenvalue weighted by Gasteiger charge is 2.47. The second kappa shape index (κ2) is 15.1. The fourth-order valence-electron chi connectivity index (χ4n) is 6.80. The highest BCUT2D eigenvalue weighted by atomic mass is 16.2. The standard InChI is InChI=1S/C33H60N6O5/c1-20(2)25(34-28(40)26(21(3)4)35(11)12)30(42)36(13)27(22(5)6)31(43)38-19-15-17-24(38)29(41)39(33(8,9)10)32(44)37-18-14-16-23(37)7/h20-27H,14-19H2,1-13H3,(H,34,40)/t23-,24+,25+,26+,27+/m1/s1. The van der Waals surface area contributed by atoms with Crippen molar-refractivity contribution in [3.05, 3.63) is 0 Å². The van der Waals surface area contributed by atoms with Gasteiger partial charge in [-0.25, -0.2) is 4.79 Å². The summed E-state index contributed by atoms with van der Waals surface area (Å²) in [6.07, 6.45) is 2.87. The van der Waals surface area contributed by atoms with E-state index in [1.54, 1.807) is 16.8 Å². The second-order valence-corrected chi connectivity index (χ2v) is 15.0. The van der Waals surface area contributed by atoms with E-state index in [0.29, 0.717) is 25.9 Å². The van der Waals surface area contributed by atoms with Gasteiger partial charge in [-0.3, -0.25) is 29.0 Å². The summed E-state index contributed by atoms with van der Waals surface area (Å²) in [7, 11) is 5.28. The van der Waals surface area contributed by atoms with Crippen molar-refractivity contribution in [1.29, 1.82) is 0 Å². The molecule has 0 aliphatic carbocycles. The molecule has 0 radical (unpaired) electrons. The predicted octanol–water partition coefficient (Wildman–Crippen LogP) is 3.42. The van der Waals surface area contributed by atoms with E-state index in [2.05, 4.69) is 5.32 Å². The van der Waals surface area contributed by atoms with Gasteiger partial charge in [0.1, 0.15) is 18.1 Å². The molecule has 2 aliphatic heterocycles. The number of rotatable bonds is 10. The SMILES string of the molecule is CC(C)[C@H](NC(=O)[C@H](C(C)C)N(C)C)C(=O)N(C)[C@H](C(=O)N1CCC[C@H]1C(=O)N(C(=O)N1CCC[C@H]1C)C(C)(C)C)C(C)C. The highest BCUT2D eigenvalue weighted by molar-refractivity contribution is 6.01. The van der Waals surface area contributed by atoms with Crippen molar-refractivity contribution < 1.29 is 24.0 Å². The van der Waals surface area contributed by atoms with Crippen molar-refractivity contribution in [2.75, 3.05) is 34.2 Å². The van der Waals surface area contributed by atoms with Crippen LogP contribution in [0, 0.1) is 17.8 Å². The number of hydrogen-bond donors (Lipinski definition) is 1. The molecule has 5 atom stereocenters. The van der Waals surface area contributed by atoms with E-state index >= 15 is 0 Å². The summed E-state index contributed by atoms with van der Waals surface area (Å²) in [4.78, 5) is 77.3. The molecule has 2 fully saturated rings. The van der Waals surface area contributed by atoms with Crippen LogP contribution in [-0.4, -0.2) is 124 Å². The number of imide groups is 1. The zero-order valence-electron chi connectivity index (χ0n) is 29.6. The van der Waals surface area contributed by atoms with Crippen molar-refractivity contribution in [2.24, 2.45) is 17.8 Å². The zero-order chi connectivity index (χ0) is 33.8. The lowest BCUT2D eigenvalue weighted by Crippen LogP contribution is -2.62. The van der Waals surface area contributed by atoms with Gasteiger partial charge in [0.2, 0.25) is 17.7 Å². The van der Waals surface area contributed by atoms with Gasteiger partial charge in [0.25, 0.3) is 5.91 Å². The summed E-state index contributed by atoms with van der Waals surface area (Å²) in [5.74, 6) is -1.71. The Bertz CT molecular complexity index is 1040. The lowest BCUT2D eigenvalue weighted by molar-refractivity contribution is -0.153. The molecule has 252 valence electrons. The molecule has 0 unspecified atom stereocenters. The van der Waals surface area contributed by atoms with Gasteiger partial charge in [-0.1, -0.05) is 41.5 Å². The Kier molecular flexibility index (Phi) is 12.8. The van der Waals surface area contributed by atoms with E-state index < -0.39 is 29.7 Å². The van der Waals surface area contributed by atoms with E-state index in [4.69, 9.17) is 0 Å². The normalized spacial score (nSPS) is 21.2. The first-order valence-corrected chi connectivity index (χ1v) is 16.4. The van der Waals surface area contributed by atoms with Crippen LogP contribution < -0.4 is 5.32 Å². The number of carbonyl (C=O) groups excluding carboxylic acids is 5. The minimum absolute atomic E-state index is 0.0356. The van der Waals surface area contributed by atoms with Crippen molar-refractivity contribution in [2.45, 2.75) is 131 Å². The topological polar surface area (TPSA) is 114 Å². The third-order valence-electron chi connectivity index (χ3n) is 9.04. The third kappa shape index (κ3) is 8.31. The molecule has 0 aromatic rings. The van der Waals surface area contributed by atoms with Crippen molar-refractivity contribution >= 4 is 29.7 Å². The molecule has 0 bridgehead atoms. The van der Waals surface area contributed by atoms with Crippen molar-refractivity contribution in [3.63, 3.8) is 0 Å². The monoisotopic (exact) mass is 620 g/mol. The maximum atomic E-state index is 14.3. The van der Waals surface area contributed by atoms with Crippen LogP contribution in [0.3, 0.4) is 0 Å². The number of likely N-dealkylation sites (N-methyl/N-ethyl adjacent to an activating group) is 2. The highest BCUT2D eigenvalue weighted by Crippen LogP contribution is 2.29. The van der Waals surface area contributed by atoms with Gasteiger partial charge in [-0.05, 0) is 85.2 Å². The minimum atomic E-state index is -0.846. The first kappa shape index (κ1) is 37.5. The molecule has 2 aliphatic rings. The lowest BCUT2D eigenvalue weighted by atomic mass is 9.96. The number of hydrogen-bond acceptors (Lipinski definition) is 6. The van der Waals surface area contributed by atoms with Gasteiger partial charge >= 0.3 is 6.03 Å². The number of urea groups is 1. The van der Waals surface area contributed by atoms with Gasteiger partial charge in [0.15, 0.2) is 0 Å². The smallest absolute Gasteiger partial charge is 0.327 e. The van der Waals surface area contributed by atoms with Crippen LogP contribution in [-0.2, 0) is 19.2 Å². The molecule has 2 heterocycles. The first-order valence-electron chi connectivity index (χ1n) is 16.4. The number of nitrogens with one attached hydrogen (secondary N) is 1. The Hall–Kier alpha value is -2.69. The van der Waals surface area contributed by atoms with Crippen molar-refractivity contribution in [1.82, 2.24) is 29.8 Å². The van der Waals surface area contributed by atoms with Gasteiger partial charge in [-0.2, -0.15) is 0 Å². The summed E-state index contributed by atoms with van der Waals surface area (Å²) < 4.78 is 0. The molecular weight excluding hydrogens is 560 g/mol. The second-order valence-electron chi connectivity index (χ2n) is 15.0. The van der Waals surface area contributed by atoms with Crippen LogP contribution >= 0.6 is 0 Å². The van der Waals surface area contributed by atoms with Crippen LogP contribution in [0.2, 0.25) is 0 Å². The summed E-state index contributed by atoms with van der Waals surface area (Å²) in [6.45, 7) is 19.9. The van der Waals surface area contributed by atoms with Gasteiger partial charge in [0.05, 0.1) is 6.04 Å². The quantitative estimate of drug-likeness (QED) is 0.401. The molecule has 2 saturated heterocycles. The number of nitrogens with zero attached hydrogens (tertiary/aromatic N) is 5. The summed E-state index contributed by atoms with van der Waals surface area (Å²) in [5.41, 5.74) is -0.777. The Morgan fingerprint density at radius 2 is 1.30 bits per heavy atom. The molecule has 11 heteroatoms. The number of carbonyl (C=O) groups is 5. The molecule has 1 N–H and O–H groups in total. The average Bonchev–Trinajstić information content (AvgIpc) is 3.54. The minimum Gasteiger partial charge on any atom is -0.343 e. The largest absolute Gasteiger partial charge is 0.343 e. The molecule has 0 aromatic carbocycles. The summed E-state index contributed by atoms with van der Waals surface area (Å²) in [5, 5.41) is 2.96. The molecule has 44 heavy (non-hydrogen) atoms. The fourth-order valence-corrected chi connectivity index (χ4v) is 6.80. The van der Waals surface area contributed by atoms with Crippen LogP contribution in [0.15, 0.2) is 0 Å². The molecule has 2 rings (SSSR count). The van der Waals surface area contributed by atoms with E-state index in [1.165, 1.54) is 9.80 Å². The fraction of sp³-hybridized carbons (Fsp3) is 0.848. The van der Waals surface area contributed by atoms with Crippen LogP contribution in [0.4, 0.5) is 4.79 Å². The molecule has 0 saturated carbocycles. The molecule has 6 amide bonds. The number of amides is 6. The molecular formula is C33H60N6O5. The van der Waals surface area contributed by atoms with Crippen LogP contribution in [0.25, 0.3) is 0 Å². The molecule has 0 spiro atoms. The van der Waals surface area contributed by atoms with Crippen LogP contribution in [0.5, 0.6) is 0 Å². The first-order chi connectivity index (χ1) is 20.2. The van der Waals surface area contributed by atoms with E-state index in [1.807, 2.05) is 88.2 Å². The van der Waals surface area contributed by atoms with Crippen LogP contribution in [0.1, 0.15) is 94.9 Å². The zero-order valence-corrected chi connectivity index (χ0v) is 29.6. The molecule has 11 nitrogen and oxygen atoms in total. The Labute approximate surface area is 266 Å². The Balaban J connectivity index is 2.36. The average molecular weight is 621 g/mol. The maximum Gasteiger partial charge on any atom is 0.327 e. The van der Waals surface area contributed by atoms with E-state index in [-0.39, 0.29) is 53.5 Å².